The van der Waals surface area contributed by atoms with E-state index in [4.69, 9.17) is 10.2 Å². The van der Waals surface area contributed by atoms with Gasteiger partial charge in [-0.2, -0.15) is 0 Å². The maximum atomic E-state index is 10.4. The van der Waals surface area contributed by atoms with Gasteiger partial charge in [0.25, 0.3) is 0 Å². The first-order valence-electron chi connectivity index (χ1n) is 3.42. The molecular weight excluding hydrogens is 150 g/mol. The van der Waals surface area contributed by atoms with Crippen molar-refractivity contribution in [3.63, 3.8) is 0 Å². The number of rotatable bonds is 2. The van der Waals surface area contributed by atoms with Gasteiger partial charge in [-0.1, -0.05) is 0 Å². The highest BCUT2D eigenvalue weighted by Crippen LogP contribution is 2.13. The molecule has 0 amide bonds. The van der Waals surface area contributed by atoms with E-state index in [0.29, 0.717) is 6.54 Å². The van der Waals surface area contributed by atoms with Crippen LogP contribution >= 0.6 is 0 Å². The summed E-state index contributed by atoms with van der Waals surface area (Å²) in [5.74, 6) is -1.43. The first-order valence-corrected chi connectivity index (χ1v) is 3.42. The quantitative estimate of drug-likeness (QED) is 0.376. The van der Waals surface area contributed by atoms with E-state index in [-0.39, 0.29) is 12.5 Å². The zero-order valence-electron chi connectivity index (χ0n) is 5.90. The Hall–Kier alpha value is -0.650. The molecule has 1 aliphatic heterocycles. The summed E-state index contributed by atoms with van der Waals surface area (Å²) in [6, 6.07) is -0.924. The Morgan fingerprint density at radius 2 is 2.27 bits per heavy atom. The molecule has 0 bridgehead atoms. The van der Waals surface area contributed by atoms with Gasteiger partial charge in [-0.3, -0.25) is 4.79 Å². The van der Waals surface area contributed by atoms with Crippen LogP contribution in [0.1, 0.15) is 0 Å². The Kier molecular flexibility index (Phi) is 2.43. The fourth-order valence-corrected chi connectivity index (χ4v) is 1.20. The van der Waals surface area contributed by atoms with Gasteiger partial charge in [-0.05, 0) is 0 Å². The molecule has 1 heterocycles. The molecule has 1 saturated heterocycles. The highest BCUT2D eigenvalue weighted by Gasteiger charge is 2.38. The third kappa shape index (κ3) is 1.50. The number of aliphatic hydroxyl groups excluding tert-OH is 2. The highest BCUT2D eigenvalue weighted by molar-refractivity contribution is 5.74. The summed E-state index contributed by atoms with van der Waals surface area (Å²) in [4.78, 5) is 10.4. The van der Waals surface area contributed by atoms with Crippen LogP contribution in [0.2, 0.25) is 0 Å². The lowest BCUT2D eigenvalue weighted by Gasteiger charge is -2.12. The Bertz CT molecular complexity index is 161. The maximum absolute atomic E-state index is 10.4. The van der Waals surface area contributed by atoms with Crippen LogP contribution in [0.5, 0.6) is 0 Å². The number of hydrogen-bond acceptors (Lipinski definition) is 4. The lowest BCUT2D eigenvalue weighted by molar-refractivity contribution is -0.141. The molecule has 0 saturated carbocycles. The van der Waals surface area contributed by atoms with Crippen LogP contribution in [0.25, 0.3) is 0 Å². The van der Waals surface area contributed by atoms with Gasteiger partial charge in [0.2, 0.25) is 0 Å². The van der Waals surface area contributed by atoms with E-state index in [0.717, 1.165) is 0 Å². The van der Waals surface area contributed by atoms with Gasteiger partial charge in [-0.25, -0.2) is 0 Å². The summed E-state index contributed by atoms with van der Waals surface area (Å²) in [7, 11) is 0. The molecule has 11 heavy (non-hydrogen) atoms. The van der Waals surface area contributed by atoms with Gasteiger partial charge in [0, 0.05) is 19.1 Å². The number of carboxylic acids is 1. The first-order chi connectivity index (χ1) is 5.16. The zero-order chi connectivity index (χ0) is 8.43. The summed E-state index contributed by atoms with van der Waals surface area (Å²) in [5.41, 5.74) is 0. The largest absolute Gasteiger partial charge is 0.480 e. The summed E-state index contributed by atoms with van der Waals surface area (Å²) in [6.07, 6.45) is -0.975. The van der Waals surface area contributed by atoms with Crippen molar-refractivity contribution >= 4 is 5.97 Å². The van der Waals surface area contributed by atoms with E-state index < -0.39 is 18.1 Å². The summed E-state index contributed by atoms with van der Waals surface area (Å²) in [5, 5.41) is 28.9. The lowest BCUT2D eigenvalue weighted by Crippen LogP contribution is -2.39. The van der Waals surface area contributed by atoms with Gasteiger partial charge in [0.05, 0.1) is 6.10 Å². The normalized spacial score (nSPS) is 37.5. The molecule has 1 aliphatic rings. The maximum Gasteiger partial charge on any atom is 0.323 e. The van der Waals surface area contributed by atoms with Gasteiger partial charge in [-0.15, -0.1) is 0 Å². The van der Waals surface area contributed by atoms with E-state index >= 15 is 0 Å². The van der Waals surface area contributed by atoms with E-state index in [2.05, 4.69) is 5.32 Å². The molecule has 0 aromatic rings. The van der Waals surface area contributed by atoms with Gasteiger partial charge >= 0.3 is 5.97 Å². The van der Waals surface area contributed by atoms with Crippen molar-refractivity contribution < 1.29 is 20.1 Å². The van der Waals surface area contributed by atoms with Crippen molar-refractivity contribution in [1.29, 1.82) is 0 Å². The molecule has 1 rings (SSSR count). The van der Waals surface area contributed by atoms with E-state index in [1.165, 1.54) is 0 Å². The van der Waals surface area contributed by atoms with Crippen LogP contribution in [0.15, 0.2) is 0 Å². The Morgan fingerprint density at radius 3 is 2.55 bits per heavy atom. The second-order valence-corrected chi connectivity index (χ2v) is 2.66. The highest BCUT2D eigenvalue weighted by atomic mass is 16.4. The number of nitrogens with one attached hydrogen (secondary N) is 1. The number of hydrogen-bond donors (Lipinski definition) is 4. The summed E-state index contributed by atoms with van der Waals surface area (Å²) in [6.45, 7) is 0.173. The SMILES string of the molecule is O=C(O)[C@H]1NCC(CO)C1O. The van der Waals surface area contributed by atoms with Crippen molar-refractivity contribution in [3.8, 4) is 0 Å². The van der Waals surface area contributed by atoms with Crippen molar-refractivity contribution in [2.75, 3.05) is 13.2 Å². The molecule has 5 nitrogen and oxygen atoms in total. The minimum absolute atomic E-state index is 0.183. The van der Waals surface area contributed by atoms with Crippen molar-refractivity contribution in [1.82, 2.24) is 5.32 Å². The summed E-state index contributed by atoms with van der Waals surface area (Å²) < 4.78 is 0. The average molecular weight is 161 g/mol. The minimum atomic E-state index is -1.08. The Labute approximate surface area is 63.7 Å². The average Bonchev–Trinajstić information content (AvgIpc) is 2.30. The molecular formula is C6H11NO4. The number of aliphatic hydroxyl groups is 2. The molecule has 64 valence electrons. The molecule has 0 aromatic heterocycles. The van der Waals surface area contributed by atoms with Crippen LogP contribution in [0.4, 0.5) is 0 Å². The second kappa shape index (κ2) is 3.17. The molecule has 4 N–H and O–H groups in total. The molecule has 0 aliphatic carbocycles. The first kappa shape index (κ1) is 8.45. The summed E-state index contributed by atoms with van der Waals surface area (Å²) >= 11 is 0. The third-order valence-corrected chi connectivity index (χ3v) is 1.93. The van der Waals surface area contributed by atoms with E-state index in [9.17, 15) is 9.90 Å². The molecule has 0 aromatic carbocycles. The smallest absolute Gasteiger partial charge is 0.323 e. The second-order valence-electron chi connectivity index (χ2n) is 2.66. The van der Waals surface area contributed by atoms with E-state index in [1.54, 1.807) is 0 Å². The standard InChI is InChI=1S/C6H11NO4/c8-2-3-1-7-4(5(3)9)6(10)11/h3-5,7-9H,1-2H2,(H,10,11)/t3?,4-,5?/m0/s1. The monoisotopic (exact) mass is 161 g/mol. The van der Waals surface area contributed by atoms with Crippen molar-refractivity contribution in [2.24, 2.45) is 5.92 Å². The Balaban J connectivity index is 2.55. The number of carbonyl (C=O) groups is 1. The van der Waals surface area contributed by atoms with Crippen LogP contribution in [-0.2, 0) is 4.79 Å². The van der Waals surface area contributed by atoms with Crippen molar-refractivity contribution in [3.05, 3.63) is 0 Å². The molecule has 3 atom stereocenters. The van der Waals surface area contributed by atoms with E-state index in [1.807, 2.05) is 0 Å². The van der Waals surface area contributed by atoms with Gasteiger partial charge < -0.3 is 20.6 Å². The van der Waals surface area contributed by atoms with Crippen LogP contribution in [0, 0.1) is 5.92 Å². The van der Waals surface area contributed by atoms with Crippen LogP contribution < -0.4 is 5.32 Å². The fourth-order valence-electron chi connectivity index (χ4n) is 1.20. The topological polar surface area (TPSA) is 89.8 Å². The third-order valence-electron chi connectivity index (χ3n) is 1.93. The zero-order valence-corrected chi connectivity index (χ0v) is 5.90. The van der Waals surface area contributed by atoms with Crippen LogP contribution in [-0.4, -0.2) is 46.6 Å². The Morgan fingerprint density at radius 1 is 1.64 bits per heavy atom. The van der Waals surface area contributed by atoms with Crippen molar-refractivity contribution in [2.45, 2.75) is 12.1 Å². The van der Waals surface area contributed by atoms with Gasteiger partial charge in [0.1, 0.15) is 6.04 Å². The number of aliphatic carboxylic acids is 1. The molecule has 0 spiro atoms. The molecule has 2 unspecified atom stereocenters. The molecule has 1 fully saturated rings. The predicted octanol–water partition coefficient (Wildman–Crippen LogP) is -1.99. The predicted molar refractivity (Wildman–Crippen MR) is 36.0 cm³/mol. The van der Waals surface area contributed by atoms with Crippen LogP contribution in [0.3, 0.4) is 0 Å². The molecule has 5 heteroatoms. The minimum Gasteiger partial charge on any atom is -0.480 e. The fraction of sp³-hybridized carbons (Fsp3) is 0.833. The lowest BCUT2D eigenvalue weighted by atomic mass is 10.0. The number of carboxylic acid groups (broad SMARTS) is 1. The van der Waals surface area contributed by atoms with Gasteiger partial charge in [0.15, 0.2) is 0 Å². The molecule has 0 radical (unpaired) electrons.